The van der Waals surface area contributed by atoms with Crippen LogP contribution in [0.5, 0.6) is 0 Å². The maximum Gasteiger partial charge on any atom is 0.416 e. The summed E-state index contributed by atoms with van der Waals surface area (Å²) in [4.78, 5) is 17.9. The molecule has 0 aliphatic carbocycles. The highest BCUT2D eigenvalue weighted by Gasteiger charge is 2.33. The van der Waals surface area contributed by atoms with Crippen molar-refractivity contribution in [3.05, 3.63) is 47.2 Å². The minimum atomic E-state index is -4.52. The van der Waals surface area contributed by atoms with Crippen LogP contribution in [0.25, 0.3) is 11.2 Å². The summed E-state index contributed by atoms with van der Waals surface area (Å²) in [6.07, 6.45) is -3.24. The zero-order valence-electron chi connectivity index (χ0n) is 13.9. The highest BCUT2D eigenvalue weighted by Crippen LogP contribution is 2.34. The van der Waals surface area contributed by atoms with Crippen LogP contribution in [0.4, 0.5) is 18.9 Å². The van der Waals surface area contributed by atoms with Gasteiger partial charge in [-0.3, -0.25) is 4.79 Å². The van der Waals surface area contributed by atoms with E-state index in [1.165, 1.54) is 24.4 Å². The molecule has 1 amide bonds. The maximum absolute atomic E-state index is 13.3. The number of carbonyl (C=O) groups excluding carboxylic acids is 1. The topological polar surface area (TPSA) is 86.8 Å². The van der Waals surface area contributed by atoms with Crippen molar-refractivity contribution in [1.82, 2.24) is 25.3 Å². The van der Waals surface area contributed by atoms with Gasteiger partial charge in [0, 0.05) is 18.4 Å². The first-order chi connectivity index (χ1) is 12.2. The van der Waals surface area contributed by atoms with Crippen molar-refractivity contribution < 1.29 is 18.0 Å². The molecular weight excluding hydrogens is 349 g/mol. The predicted octanol–water partition coefficient (Wildman–Crippen LogP) is 2.69. The van der Waals surface area contributed by atoms with Crippen molar-refractivity contribution in [3.8, 4) is 0 Å². The third-order valence-electron chi connectivity index (χ3n) is 3.60. The van der Waals surface area contributed by atoms with Gasteiger partial charge >= 0.3 is 6.18 Å². The smallest absolute Gasteiger partial charge is 0.322 e. The zero-order chi connectivity index (χ0) is 18.9. The Balaban J connectivity index is 1.87. The molecule has 0 spiro atoms. The highest BCUT2D eigenvalue weighted by atomic mass is 19.4. The number of H-pyrrole nitrogens is 1. The number of carbonyl (C=O) groups is 1. The van der Waals surface area contributed by atoms with E-state index in [-0.39, 0.29) is 23.4 Å². The molecule has 2 N–H and O–H groups in total. The molecule has 10 heteroatoms. The van der Waals surface area contributed by atoms with E-state index in [9.17, 15) is 18.0 Å². The SMILES string of the molecule is CN(C)Cc1ccc(NC(=O)c2cnc3n[nH]nc3c2)cc1C(F)(F)F. The summed E-state index contributed by atoms with van der Waals surface area (Å²) in [5.41, 5.74) is 0.284. The molecule has 0 unspecified atom stereocenters. The molecule has 3 rings (SSSR count). The molecule has 2 heterocycles. The molecule has 26 heavy (non-hydrogen) atoms. The van der Waals surface area contributed by atoms with Gasteiger partial charge in [-0.1, -0.05) is 6.07 Å². The third-order valence-corrected chi connectivity index (χ3v) is 3.60. The number of hydrogen-bond acceptors (Lipinski definition) is 5. The van der Waals surface area contributed by atoms with Gasteiger partial charge in [-0.25, -0.2) is 4.98 Å². The Morgan fingerprint density at radius 2 is 2.00 bits per heavy atom. The number of amides is 1. The van der Waals surface area contributed by atoms with Crippen molar-refractivity contribution in [2.24, 2.45) is 0 Å². The van der Waals surface area contributed by atoms with Crippen molar-refractivity contribution in [2.75, 3.05) is 19.4 Å². The molecule has 1 aromatic carbocycles. The number of aromatic amines is 1. The number of benzene rings is 1. The molecule has 7 nitrogen and oxygen atoms in total. The fraction of sp³-hybridized carbons (Fsp3) is 0.250. The first-order valence-electron chi connectivity index (χ1n) is 7.57. The molecule has 0 bridgehead atoms. The first kappa shape index (κ1) is 17.8. The fourth-order valence-electron chi connectivity index (χ4n) is 2.46. The Labute approximate surface area is 146 Å². The lowest BCUT2D eigenvalue weighted by Gasteiger charge is -2.17. The normalized spacial score (nSPS) is 11.9. The van der Waals surface area contributed by atoms with E-state index in [0.29, 0.717) is 11.2 Å². The average Bonchev–Trinajstić information content (AvgIpc) is 3.02. The number of nitrogens with one attached hydrogen (secondary N) is 2. The van der Waals surface area contributed by atoms with Crippen LogP contribution < -0.4 is 5.32 Å². The van der Waals surface area contributed by atoms with E-state index in [4.69, 9.17) is 0 Å². The molecule has 0 radical (unpaired) electrons. The Kier molecular flexibility index (Phi) is 4.60. The number of pyridine rings is 1. The number of nitrogens with zero attached hydrogens (tertiary/aromatic N) is 4. The van der Waals surface area contributed by atoms with Crippen molar-refractivity contribution in [3.63, 3.8) is 0 Å². The predicted molar refractivity (Wildman–Crippen MR) is 88.5 cm³/mol. The summed E-state index contributed by atoms with van der Waals surface area (Å²) < 4.78 is 40.0. The van der Waals surface area contributed by atoms with Crippen molar-refractivity contribution >= 4 is 22.8 Å². The summed E-state index contributed by atoms with van der Waals surface area (Å²) in [6.45, 7) is 0.135. The lowest BCUT2D eigenvalue weighted by molar-refractivity contribution is -0.138. The Morgan fingerprint density at radius 3 is 2.69 bits per heavy atom. The zero-order valence-corrected chi connectivity index (χ0v) is 13.9. The van der Waals surface area contributed by atoms with E-state index in [1.54, 1.807) is 19.0 Å². The number of anilines is 1. The van der Waals surface area contributed by atoms with Gasteiger partial charge < -0.3 is 10.2 Å². The molecular formula is C16H15F3N6O. The van der Waals surface area contributed by atoms with Gasteiger partial charge in [-0.15, -0.1) is 5.10 Å². The molecule has 0 aliphatic heterocycles. The standard InChI is InChI=1S/C16H15F3N6O/c1-25(2)8-9-3-4-11(6-12(9)16(17,18)19)21-15(26)10-5-13-14(20-7-10)23-24-22-13/h3-7H,8H2,1-2H3,(H,21,26)(H,20,22,23,24). The van der Waals surface area contributed by atoms with Crippen LogP contribution in [0.2, 0.25) is 0 Å². The Bertz CT molecular complexity index is 951. The van der Waals surface area contributed by atoms with E-state index in [1.807, 2.05) is 0 Å². The fourth-order valence-corrected chi connectivity index (χ4v) is 2.46. The quantitative estimate of drug-likeness (QED) is 0.743. The summed E-state index contributed by atoms with van der Waals surface area (Å²) in [6, 6.07) is 5.18. The molecule has 0 saturated carbocycles. The van der Waals surface area contributed by atoms with Gasteiger partial charge in [0.15, 0.2) is 0 Å². The van der Waals surface area contributed by atoms with E-state index >= 15 is 0 Å². The maximum atomic E-state index is 13.3. The van der Waals surface area contributed by atoms with E-state index in [2.05, 4.69) is 25.7 Å². The van der Waals surface area contributed by atoms with Crippen LogP contribution in [0.15, 0.2) is 30.5 Å². The van der Waals surface area contributed by atoms with Crippen LogP contribution in [-0.4, -0.2) is 45.3 Å². The van der Waals surface area contributed by atoms with Crippen LogP contribution in [0.3, 0.4) is 0 Å². The lowest BCUT2D eigenvalue weighted by atomic mass is 10.1. The van der Waals surface area contributed by atoms with Crippen molar-refractivity contribution in [2.45, 2.75) is 12.7 Å². The van der Waals surface area contributed by atoms with Gasteiger partial charge in [0.1, 0.15) is 5.52 Å². The molecule has 3 aromatic rings. The summed E-state index contributed by atoms with van der Waals surface area (Å²) in [5, 5.41) is 12.4. The number of halogens is 3. The van der Waals surface area contributed by atoms with Gasteiger partial charge in [0.2, 0.25) is 5.65 Å². The van der Waals surface area contributed by atoms with Gasteiger partial charge in [0.25, 0.3) is 5.91 Å². The summed E-state index contributed by atoms with van der Waals surface area (Å²) in [7, 11) is 3.37. The van der Waals surface area contributed by atoms with Crippen LogP contribution >= 0.6 is 0 Å². The Morgan fingerprint density at radius 1 is 1.23 bits per heavy atom. The van der Waals surface area contributed by atoms with Gasteiger partial charge in [-0.05, 0) is 37.9 Å². The number of hydrogen-bond donors (Lipinski definition) is 2. The summed E-state index contributed by atoms with van der Waals surface area (Å²) >= 11 is 0. The minimum absolute atomic E-state index is 0.0464. The average molecular weight is 364 g/mol. The minimum Gasteiger partial charge on any atom is -0.322 e. The molecule has 0 saturated heterocycles. The number of rotatable bonds is 4. The molecule has 0 fully saturated rings. The highest BCUT2D eigenvalue weighted by molar-refractivity contribution is 6.05. The van der Waals surface area contributed by atoms with Crippen LogP contribution in [0.1, 0.15) is 21.5 Å². The molecule has 2 aromatic heterocycles. The van der Waals surface area contributed by atoms with Gasteiger partial charge in [-0.2, -0.15) is 23.5 Å². The monoisotopic (exact) mass is 364 g/mol. The van der Waals surface area contributed by atoms with E-state index in [0.717, 1.165) is 6.07 Å². The van der Waals surface area contributed by atoms with Crippen LogP contribution in [-0.2, 0) is 12.7 Å². The second-order valence-electron chi connectivity index (χ2n) is 5.95. The second-order valence-corrected chi connectivity index (χ2v) is 5.95. The molecule has 136 valence electrons. The molecule has 0 aliphatic rings. The first-order valence-corrected chi connectivity index (χ1v) is 7.57. The van der Waals surface area contributed by atoms with Crippen molar-refractivity contribution in [1.29, 1.82) is 0 Å². The number of fused-ring (bicyclic) bond motifs is 1. The Hall–Kier alpha value is -3.01. The van der Waals surface area contributed by atoms with E-state index < -0.39 is 17.6 Å². The van der Waals surface area contributed by atoms with Gasteiger partial charge in [0.05, 0.1) is 11.1 Å². The molecule has 0 atom stereocenters. The number of aromatic nitrogens is 4. The van der Waals surface area contributed by atoms with Crippen LogP contribution in [0, 0.1) is 0 Å². The second kappa shape index (κ2) is 6.71. The largest absolute Gasteiger partial charge is 0.416 e. The number of alkyl halides is 3. The summed E-state index contributed by atoms with van der Waals surface area (Å²) in [5.74, 6) is -0.587. The lowest BCUT2D eigenvalue weighted by Crippen LogP contribution is -2.18. The third kappa shape index (κ3) is 3.80.